The van der Waals surface area contributed by atoms with Crippen LogP contribution in [0.5, 0.6) is 0 Å². The highest BCUT2D eigenvalue weighted by Gasteiger charge is 2.60. The molecule has 4 aliphatic carbocycles. The molecule has 0 bridgehead atoms. The number of hydrogen-bond acceptors (Lipinski definition) is 1. The molecule has 0 heterocycles. The molecule has 4 saturated carbocycles. The lowest BCUT2D eigenvalue weighted by Gasteiger charge is -2.60. The number of Topliss-reactive ketones (excluding diaryl/α,β-unsaturated/α-hetero) is 1. The molecule has 1 nitrogen and oxygen atoms in total. The van der Waals surface area contributed by atoms with E-state index in [1.54, 1.807) is 0 Å². The van der Waals surface area contributed by atoms with Crippen molar-refractivity contribution in [1.82, 2.24) is 0 Å². The summed E-state index contributed by atoms with van der Waals surface area (Å²) in [5.74, 6) is 5.29. The molecule has 0 aromatic heterocycles. The highest BCUT2D eigenvalue weighted by atomic mass is 19.1. The van der Waals surface area contributed by atoms with Crippen LogP contribution in [0.15, 0.2) is 0 Å². The van der Waals surface area contributed by atoms with E-state index >= 15 is 0 Å². The zero-order valence-corrected chi connectivity index (χ0v) is 17.2. The van der Waals surface area contributed by atoms with Crippen LogP contribution in [0.25, 0.3) is 0 Å². The number of carbonyl (C=O) groups excluding carboxylic acids is 1. The summed E-state index contributed by atoms with van der Waals surface area (Å²) in [4.78, 5) is 12.0. The highest BCUT2D eigenvalue weighted by molar-refractivity contribution is 5.79. The molecule has 26 heavy (non-hydrogen) atoms. The van der Waals surface area contributed by atoms with Gasteiger partial charge in [0.15, 0.2) is 0 Å². The van der Waals surface area contributed by atoms with Gasteiger partial charge in [-0.25, -0.2) is 0 Å². The van der Waals surface area contributed by atoms with Crippen LogP contribution in [0.2, 0.25) is 0 Å². The lowest BCUT2D eigenvalue weighted by molar-refractivity contribution is -0.140. The van der Waals surface area contributed by atoms with Gasteiger partial charge in [0.05, 0.1) is 6.67 Å². The fourth-order valence-electron chi connectivity index (χ4n) is 8.62. The van der Waals surface area contributed by atoms with Crippen molar-refractivity contribution in [2.24, 2.45) is 46.3 Å². The fourth-order valence-corrected chi connectivity index (χ4v) is 8.62. The zero-order chi connectivity index (χ0) is 18.5. The maximum absolute atomic E-state index is 12.7. The molecule has 0 amide bonds. The third-order valence-electron chi connectivity index (χ3n) is 10.0. The number of fused-ring (bicyclic) bond motifs is 5. The average molecular weight is 363 g/mol. The van der Waals surface area contributed by atoms with Crippen LogP contribution in [0.3, 0.4) is 0 Å². The monoisotopic (exact) mass is 362 g/mol. The summed E-state index contributed by atoms with van der Waals surface area (Å²) >= 11 is 0. The maximum Gasteiger partial charge on any atom is 0.133 e. The van der Waals surface area contributed by atoms with E-state index in [4.69, 9.17) is 0 Å². The first kappa shape index (κ1) is 18.9. The van der Waals surface area contributed by atoms with E-state index in [0.717, 1.165) is 55.8 Å². The molecule has 148 valence electrons. The summed E-state index contributed by atoms with van der Waals surface area (Å²) in [5, 5.41) is 0. The fraction of sp³-hybridized carbons (Fsp3) is 0.958. The Balaban J connectivity index is 1.53. The normalized spacial score (nSPS) is 49.2. The van der Waals surface area contributed by atoms with Gasteiger partial charge in [-0.1, -0.05) is 20.8 Å². The Morgan fingerprint density at radius 2 is 1.81 bits per heavy atom. The predicted octanol–water partition coefficient (Wildman–Crippen LogP) is 6.60. The molecular weight excluding hydrogens is 323 g/mol. The quantitative estimate of drug-likeness (QED) is 0.550. The van der Waals surface area contributed by atoms with Gasteiger partial charge in [0.1, 0.15) is 5.78 Å². The number of rotatable bonds is 4. The van der Waals surface area contributed by atoms with Crippen LogP contribution in [-0.4, -0.2) is 12.5 Å². The number of hydrogen-bond donors (Lipinski definition) is 0. The van der Waals surface area contributed by atoms with E-state index < -0.39 is 0 Å². The van der Waals surface area contributed by atoms with E-state index in [0.29, 0.717) is 28.4 Å². The summed E-state index contributed by atoms with van der Waals surface area (Å²) in [7, 11) is 0. The van der Waals surface area contributed by atoms with Crippen molar-refractivity contribution in [3.8, 4) is 0 Å². The van der Waals surface area contributed by atoms with Crippen molar-refractivity contribution >= 4 is 5.78 Å². The Morgan fingerprint density at radius 3 is 2.58 bits per heavy atom. The van der Waals surface area contributed by atoms with Crippen LogP contribution in [0.4, 0.5) is 4.39 Å². The number of alkyl halides is 1. The third kappa shape index (κ3) is 2.80. The Kier molecular flexibility index (Phi) is 5.02. The first-order valence-electron chi connectivity index (χ1n) is 11.5. The molecule has 8 atom stereocenters. The van der Waals surface area contributed by atoms with Crippen LogP contribution < -0.4 is 0 Å². The van der Waals surface area contributed by atoms with Gasteiger partial charge in [0.25, 0.3) is 0 Å². The second-order valence-electron chi connectivity index (χ2n) is 10.9. The first-order chi connectivity index (χ1) is 12.4. The molecule has 0 saturated heterocycles. The van der Waals surface area contributed by atoms with Crippen LogP contribution in [0, 0.1) is 46.3 Å². The topological polar surface area (TPSA) is 17.1 Å². The molecule has 0 unspecified atom stereocenters. The smallest absolute Gasteiger partial charge is 0.133 e. The van der Waals surface area contributed by atoms with Crippen LogP contribution in [0.1, 0.15) is 91.4 Å². The second kappa shape index (κ2) is 6.89. The Labute approximate surface area is 159 Å². The van der Waals surface area contributed by atoms with Crippen molar-refractivity contribution in [2.75, 3.05) is 6.67 Å². The summed E-state index contributed by atoms with van der Waals surface area (Å²) < 4.78 is 12.7. The summed E-state index contributed by atoms with van der Waals surface area (Å²) in [6.45, 7) is 7.38. The van der Waals surface area contributed by atoms with Gasteiger partial charge in [0, 0.05) is 12.8 Å². The Hall–Kier alpha value is -0.400. The molecule has 4 aliphatic rings. The summed E-state index contributed by atoms with van der Waals surface area (Å²) in [6.07, 6.45) is 12.9. The van der Waals surface area contributed by atoms with Gasteiger partial charge in [-0.3, -0.25) is 9.18 Å². The minimum atomic E-state index is -0.152. The van der Waals surface area contributed by atoms with Gasteiger partial charge in [0.2, 0.25) is 0 Å². The van der Waals surface area contributed by atoms with Crippen molar-refractivity contribution in [3.05, 3.63) is 0 Å². The van der Waals surface area contributed by atoms with E-state index in [9.17, 15) is 9.18 Å². The third-order valence-corrected chi connectivity index (χ3v) is 10.0. The van der Waals surface area contributed by atoms with Crippen molar-refractivity contribution in [1.29, 1.82) is 0 Å². The molecule has 0 aliphatic heterocycles. The standard InChI is InChI=1S/C24H39FO/c1-16(5-4-14-25)20-8-9-21-19-7-6-17-15-18(26)10-12-23(17,2)22(19)11-13-24(20,21)3/h16-17,19-22H,4-15H2,1-3H3/t16-,17-,19+,20-,21+,22+,23+,24-/m1/s1. The molecule has 0 aromatic carbocycles. The lowest BCUT2D eigenvalue weighted by atomic mass is 9.44. The minimum absolute atomic E-state index is 0.152. The lowest BCUT2D eigenvalue weighted by Crippen LogP contribution is -2.53. The minimum Gasteiger partial charge on any atom is -0.300 e. The molecule has 0 spiro atoms. The molecule has 2 heteroatoms. The van der Waals surface area contributed by atoms with E-state index in [1.807, 2.05) is 0 Å². The van der Waals surface area contributed by atoms with Crippen LogP contribution in [-0.2, 0) is 4.79 Å². The maximum atomic E-state index is 12.7. The van der Waals surface area contributed by atoms with Gasteiger partial charge < -0.3 is 0 Å². The first-order valence-corrected chi connectivity index (χ1v) is 11.5. The molecule has 0 radical (unpaired) electrons. The van der Waals surface area contributed by atoms with Crippen molar-refractivity contribution in [3.63, 3.8) is 0 Å². The average Bonchev–Trinajstić information content (AvgIpc) is 2.97. The molecule has 0 N–H and O–H groups in total. The van der Waals surface area contributed by atoms with Gasteiger partial charge in [-0.2, -0.15) is 0 Å². The highest BCUT2D eigenvalue weighted by Crippen LogP contribution is 2.68. The Morgan fingerprint density at radius 1 is 1.04 bits per heavy atom. The summed E-state index contributed by atoms with van der Waals surface area (Å²) in [6, 6.07) is 0. The van der Waals surface area contributed by atoms with Crippen LogP contribution >= 0.6 is 0 Å². The Bertz CT molecular complexity index is 544. The molecule has 4 rings (SSSR count). The molecule has 0 aromatic rings. The van der Waals surface area contributed by atoms with Gasteiger partial charge in [-0.05, 0) is 104 Å². The largest absolute Gasteiger partial charge is 0.300 e. The van der Waals surface area contributed by atoms with E-state index in [1.165, 1.54) is 38.5 Å². The zero-order valence-electron chi connectivity index (χ0n) is 17.2. The number of halogens is 1. The second-order valence-corrected chi connectivity index (χ2v) is 10.9. The van der Waals surface area contributed by atoms with E-state index in [2.05, 4.69) is 20.8 Å². The van der Waals surface area contributed by atoms with Gasteiger partial charge in [-0.15, -0.1) is 0 Å². The SMILES string of the molecule is C[C@H](CCCF)[C@H]1CC[C@H]2[C@@H]3CC[C@@H]4CC(=O)CC[C@]4(C)[C@H]3CC[C@]12C. The van der Waals surface area contributed by atoms with Gasteiger partial charge >= 0.3 is 0 Å². The summed E-state index contributed by atoms with van der Waals surface area (Å²) in [5.41, 5.74) is 0.917. The number of ketones is 1. The number of carbonyl (C=O) groups is 1. The molecule has 4 fully saturated rings. The van der Waals surface area contributed by atoms with Crippen molar-refractivity contribution in [2.45, 2.75) is 91.4 Å². The predicted molar refractivity (Wildman–Crippen MR) is 105 cm³/mol. The van der Waals surface area contributed by atoms with Crippen molar-refractivity contribution < 1.29 is 9.18 Å². The van der Waals surface area contributed by atoms with E-state index in [-0.39, 0.29) is 6.67 Å². The molecular formula is C24H39FO.